The van der Waals surface area contributed by atoms with Gasteiger partial charge in [0.2, 0.25) is 0 Å². The number of rotatable bonds is 4. The smallest absolute Gasteiger partial charge is 0.189 e. The van der Waals surface area contributed by atoms with Crippen LogP contribution >= 0.6 is 11.6 Å². The van der Waals surface area contributed by atoms with Crippen LogP contribution in [-0.4, -0.2) is 21.8 Å². The number of aromatic nitrogens is 3. The summed E-state index contributed by atoms with van der Waals surface area (Å²) in [7, 11) is 0. The second-order valence-corrected chi connectivity index (χ2v) is 5.46. The zero-order valence-corrected chi connectivity index (χ0v) is 12.5. The van der Waals surface area contributed by atoms with Gasteiger partial charge in [0.25, 0.3) is 0 Å². The zero-order valence-electron chi connectivity index (χ0n) is 11.8. The molecule has 0 bridgehead atoms. The number of nitrogens with zero attached hydrogens (tertiary/aromatic N) is 3. The molecule has 6 nitrogen and oxygen atoms in total. The maximum absolute atomic E-state index is 6.15. The van der Waals surface area contributed by atoms with Crippen molar-refractivity contribution in [2.75, 3.05) is 6.79 Å². The van der Waals surface area contributed by atoms with E-state index in [0.29, 0.717) is 18.2 Å². The summed E-state index contributed by atoms with van der Waals surface area (Å²) < 4.78 is 12.6. The number of benzene rings is 1. The van der Waals surface area contributed by atoms with Gasteiger partial charge >= 0.3 is 0 Å². The summed E-state index contributed by atoms with van der Waals surface area (Å²) in [6.07, 6.45) is 2.69. The van der Waals surface area contributed by atoms with Crippen LogP contribution in [0.5, 0.6) is 5.75 Å². The van der Waals surface area contributed by atoms with E-state index in [1.54, 1.807) is 4.68 Å². The van der Waals surface area contributed by atoms with E-state index >= 15 is 0 Å². The minimum Gasteiger partial charge on any atom is -0.467 e. The quantitative estimate of drug-likeness (QED) is 0.937. The fourth-order valence-corrected chi connectivity index (χ4v) is 2.58. The van der Waals surface area contributed by atoms with Crippen LogP contribution in [0.3, 0.4) is 0 Å². The van der Waals surface area contributed by atoms with Gasteiger partial charge in [-0.25, -0.2) is 4.68 Å². The maximum atomic E-state index is 6.15. The van der Waals surface area contributed by atoms with Gasteiger partial charge in [-0.2, -0.15) is 0 Å². The molecule has 7 heteroatoms. The van der Waals surface area contributed by atoms with Crippen molar-refractivity contribution in [3.8, 4) is 5.75 Å². The first-order valence-corrected chi connectivity index (χ1v) is 7.22. The van der Waals surface area contributed by atoms with Crippen LogP contribution in [0.25, 0.3) is 0 Å². The van der Waals surface area contributed by atoms with Crippen LogP contribution < -0.4 is 10.5 Å². The van der Waals surface area contributed by atoms with Crippen LogP contribution in [0.1, 0.15) is 36.2 Å². The topological polar surface area (TPSA) is 75.2 Å². The summed E-state index contributed by atoms with van der Waals surface area (Å²) >= 11 is 6.15. The van der Waals surface area contributed by atoms with Crippen LogP contribution in [0, 0.1) is 0 Å². The maximum Gasteiger partial charge on any atom is 0.189 e. The average molecular weight is 309 g/mol. The van der Waals surface area contributed by atoms with E-state index in [-0.39, 0.29) is 12.8 Å². The lowest BCUT2D eigenvalue weighted by Crippen LogP contribution is -2.14. The molecule has 1 aromatic heterocycles. The first kappa shape index (κ1) is 14.3. The summed E-state index contributed by atoms with van der Waals surface area (Å²) in [5.41, 5.74) is 8.66. The molecule has 2 N–H and O–H groups in total. The molecule has 21 heavy (non-hydrogen) atoms. The zero-order chi connectivity index (χ0) is 14.8. The molecular formula is C14H17ClN4O2. The molecule has 1 atom stereocenters. The third-order valence-corrected chi connectivity index (χ3v) is 3.68. The largest absolute Gasteiger partial charge is 0.467 e. The average Bonchev–Trinajstić information content (AvgIpc) is 2.95. The standard InChI is InChI=1S/C14H17ClN4O2/c1-2-12(16)13-6-19(18-17-13)5-9-3-11(15)4-10-7-20-8-21-14(9)10/h3-4,6,12H,2,5,7-8,16H2,1H3. The van der Waals surface area contributed by atoms with Gasteiger partial charge in [0.05, 0.1) is 31.1 Å². The number of hydrogen-bond donors (Lipinski definition) is 1. The van der Waals surface area contributed by atoms with E-state index in [0.717, 1.165) is 29.0 Å². The highest BCUT2D eigenvalue weighted by Crippen LogP contribution is 2.32. The van der Waals surface area contributed by atoms with E-state index in [1.165, 1.54) is 0 Å². The molecule has 3 rings (SSSR count). The molecule has 2 heterocycles. The highest BCUT2D eigenvalue weighted by Gasteiger charge is 2.17. The van der Waals surface area contributed by atoms with E-state index in [2.05, 4.69) is 10.3 Å². The van der Waals surface area contributed by atoms with E-state index < -0.39 is 0 Å². The molecular weight excluding hydrogens is 292 g/mol. The minimum absolute atomic E-state index is 0.0864. The molecule has 0 amide bonds. The van der Waals surface area contributed by atoms with Crippen molar-refractivity contribution in [3.05, 3.63) is 40.2 Å². The SMILES string of the molecule is CCC(N)c1cn(Cc2cc(Cl)cc3c2OCOC3)nn1. The minimum atomic E-state index is -0.0864. The number of ether oxygens (including phenoxy) is 2. The lowest BCUT2D eigenvalue weighted by Gasteiger charge is -2.21. The predicted molar refractivity (Wildman–Crippen MR) is 78.1 cm³/mol. The normalized spacial score (nSPS) is 15.4. The molecule has 0 saturated carbocycles. The van der Waals surface area contributed by atoms with E-state index in [4.69, 9.17) is 26.8 Å². The summed E-state index contributed by atoms with van der Waals surface area (Å²) in [5, 5.41) is 8.88. The van der Waals surface area contributed by atoms with Crippen LogP contribution in [-0.2, 0) is 17.9 Å². The summed E-state index contributed by atoms with van der Waals surface area (Å²) in [4.78, 5) is 0. The summed E-state index contributed by atoms with van der Waals surface area (Å²) in [5.74, 6) is 0.822. The van der Waals surface area contributed by atoms with Gasteiger partial charge in [-0.1, -0.05) is 23.7 Å². The van der Waals surface area contributed by atoms with Crippen molar-refractivity contribution in [3.63, 3.8) is 0 Å². The fraction of sp³-hybridized carbons (Fsp3) is 0.429. The second kappa shape index (κ2) is 6.01. The van der Waals surface area contributed by atoms with Crippen LogP contribution in [0.2, 0.25) is 5.02 Å². The lowest BCUT2D eigenvalue weighted by atomic mass is 10.1. The molecule has 0 aliphatic carbocycles. The lowest BCUT2D eigenvalue weighted by molar-refractivity contribution is -0.0171. The monoisotopic (exact) mass is 308 g/mol. The molecule has 1 aliphatic rings. The van der Waals surface area contributed by atoms with Gasteiger partial charge in [-0.3, -0.25) is 0 Å². The van der Waals surface area contributed by atoms with Crippen molar-refractivity contribution in [2.24, 2.45) is 5.73 Å². The molecule has 0 radical (unpaired) electrons. The van der Waals surface area contributed by atoms with Crippen molar-refractivity contribution >= 4 is 11.6 Å². The number of halogens is 1. The van der Waals surface area contributed by atoms with Crippen molar-refractivity contribution in [1.29, 1.82) is 0 Å². The van der Waals surface area contributed by atoms with Crippen molar-refractivity contribution in [1.82, 2.24) is 15.0 Å². The molecule has 0 spiro atoms. The molecule has 0 fully saturated rings. The predicted octanol–water partition coefficient (Wildman–Crippen LogP) is 2.26. The Bertz CT molecular complexity index is 644. The Kier molecular flexibility index (Phi) is 4.10. The number of hydrogen-bond acceptors (Lipinski definition) is 5. The summed E-state index contributed by atoms with van der Waals surface area (Å²) in [6.45, 7) is 3.31. The first-order valence-electron chi connectivity index (χ1n) is 6.85. The molecule has 2 aromatic rings. The molecule has 1 aromatic carbocycles. The highest BCUT2D eigenvalue weighted by atomic mass is 35.5. The van der Waals surface area contributed by atoms with Gasteiger partial charge in [0, 0.05) is 16.1 Å². The van der Waals surface area contributed by atoms with Crippen LogP contribution in [0.15, 0.2) is 18.3 Å². The second-order valence-electron chi connectivity index (χ2n) is 5.02. The molecule has 1 aliphatic heterocycles. The van der Waals surface area contributed by atoms with Crippen molar-refractivity contribution in [2.45, 2.75) is 32.5 Å². The molecule has 0 saturated heterocycles. The van der Waals surface area contributed by atoms with Gasteiger partial charge < -0.3 is 15.2 Å². The number of nitrogens with two attached hydrogens (primary N) is 1. The Balaban J connectivity index is 1.87. The first-order chi connectivity index (χ1) is 10.2. The fourth-order valence-electron chi connectivity index (χ4n) is 2.32. The van der Waals surface area contributed by atoms with Gasteiger partial charge in [0.1, 0.15) is 5.75 Å². The molecule has 1 unspecified atom stereocenters. The Morgan fingerprint density at radius 1 is 1.48 bits per heavy atom. The van der Waals surface area contributed by atoms with Crippen molar-refractivity contribution < 1.29 is 9.47 Å². The third kappa shape index (κ3) is 3.02. The summed E-state index contributed by atoms with van der Waals surface area (Å²) in [6, 6.07) is 3.66. The highest BCUT2D eigenvalue weighted by molar-refractivity contribution is 6.30. The Morgan fingerprint density at radius 3 is 3.14 bits per heavy atom. The van der Waals surface area contributed by atoms with Gasteiger partial charge in [-0.05, 0) is 18.6 Å². The Labute approximate surface area is 127 Å². The third-order valence-electron chi connectivity index (χ3n) is 3.46. The number of fused-ring (bicyclic) bond motifs is 1. The molecule has 112 valence electrons. The van der Waals surface area contributed by atoms with E-state index in [9.17, 15) is 0 Å². The van der Waals surface area contributed by atoms with E-state index in [1.807, 2.05) is 25.3 Å². The van der Waals surface area contributed by atoms with Gasteiger partial charge in [-0.15, -0.1) is 5.10 Å². The Morgan fingerprint density at radius 2 is 2.33 bits per heavy atom. The Hall–Kier alpha value is -1.63. The van der Waals surface area contributed by atoms with Crippen LogP contribution in [0.4, 0.5) is 0 Å². The van der Waals surface area contributed by atoms with Gasteiger partial charge in [0.15, 0.2) is 6.79 Å².